The number of nitrogens with zero attached hydrogens (tertiary/aromatic N) is 1. The highest BCUT2D eigenvalue weighted by Gasteiger charge is 2.10. The van der Waals surface area contributed by atoms with Crippen LogP contribution in [0.2, 0.25) is 0 Å². The second-order valence-electron chi connectivity index (χ2n) is 2.81. The molecule has 0 aromatic carbocycles. The molecule has 3 nitrogen and oxygen atoms in total. The first-order valence-electron chi connectivity index (χ1n) is 4.12. The fourth-order valence-electron chi connectivity index (χ4n) is 1.12. The minimum atomic E-state index is -0.692. The molecule has 0 saturated heterocycles. The van der Waals surface area contributed by atoms with Crippen molar-refractivity contribution in [3.05, 3.63) is 0 Å². The largest absolute Gasteiger partial charge is 0.481 e. The Bertz CT molecular complexity index is 182. The van der Waals surface area contributed by atoms with Gasteiger partial charge in [0.05, 0.1) is 5.88 Å². The molecule has 1 N–H and O–H groups in total. The van der Waals surface area contributed by atoms with Crippen LogP contribution >= 0.6 is 11.8 Å². The number of hydrogen-bond donors (Lipinski definition) is 1. The van der Waals surface area contributed by atoms with Gasteiger partial charge in [-0.2, -0.15) is 0 Å². The van der Waals surface area contributed by atoms with Gasteiger partial charge >= 0.3 is 5.97 Å². The van der Waals surface area contributed by atoms with E-state index in [0.29, 0.717) is 11.7 Å². The van der Waals surface area contributed by atoms with E-state index >= 15 is 0 Å². The molecule has 0 bridgehead atoms. The van der Waals surface area contributed by atoms with Gasteiger partial charge in [0.25, 0.3) is 0 Å². The summed E-state index contributed by atoms with van der Waals surface area (Å²) >= 11 is 1.83. The fraction of sp³-hybridized carbons (Fsp3) is 0.750. The maximum Gasteiger partial charge on any atom is 0.303 e. The summed E-state index contributed by atoms with van der Waals surface area (Å²) in [5, 5.41) is 8.91. The van der Waals surface area contributed by atoms with E-state index in [1.807, 2.05) is 18.0 Å². The van der Waals surface area contributed by atoms with Crippen molar-refractivity contribution < 1.29 is 9.90 Å². The molecule has 0 fully saturated rings. The van der Waals surface area contributed by atoms with Crippen LogP contribution in [-0.4, -0.2) is 28.4 Å². The Balaban J connectivity index is 1.95. The van der Waals surface area contributed by atoms with Gasteiger partial charge < -0.3 is 5.11 Å². The number of hydrogen-bond acceptors (Lipinski definition) is 3. The third kappa shape index (κ3) is 3.76. The van der Waals surface area contributed by atoms with Crippen LogP contribution < -0.4 is 0 Å². The lowest BCUT2D eigenvalue weighted by Crippen LogP contribution is -2.01. The second kappa shape index (κ2) is 5.19. The van der Waals surface area contributed by atoms with E-state index in [2.05, 4.69) is 4.99 Å². The molecule has 68 valence electrons. The molecule has 0 spiro atoms. The first-order valence-corrected chi connectivity index (χ1v) is 5.17. The van der Waals surface area contributed by atoms with Crippen LogP contribution in [0.4, 0.5) is 0 Å². The van der Waals surface area contributed by atoms with Crippen molar-refractivity contribution >= 4 is 23.9 Å². The molecular weight excluding hydrogens is 174 g/mol. The van der Waals surface area contributed by atoms with E-state index in [1.165, 1.54) is 0 Å². The fourth-order valence-corrected chi connectivity index (χ4v) is 1.99. The molecule has 1 unspecified atom stereocenters. The number of thioether (sulfide) groups is 1. The maximum atomic E-state index is 10.2. The van der Waals surface area contributed by atoms with Crippen molar-refractivity contribution in [1.29, 1.82) is 0 Å². The summed E-state index contributed by atoms with van der Waals surface area (Å²) in [5.74, 6) is 0.187. The highest BCUT2D eigenvalue weighted by atomic mass is 32.2. The van der Waals surface area contributed by atoms with E-state index in [0.717, 1.165) is 25.1 Å². The molecule has 1 atom stereocenters. The van der Waals surface area contributed by atoms with Crippen molar-refractivity contribution in [2.24, 2.45) is 4.99 Å². The van der Waals surface area contributed by atoms with E-state index in [4.69, 9.17) is 5.11 Å². The smallest absolute Gasteiger partial charge is 0.303 e. The van der Waals surface area contributed by atoms with Crippen molar-refractivity contribution in [2.75, 3.05) is 5.88 Å². The van der Waals surface area contributed by atoms with Crippen molar-refractivity contribution in [1.82, 2.24) is 0 Å². The second-order valence-corrected chi connectivity index (χ2v) is 4.00. The monoisotopic (exact) mass is 187 g/mol. The van der Waals surface area contributed by atoms with E-state index in [9.17, 15) is 4.79 Å². The zero-order valence-corrected chi connectivity index (χ0v) is 7.72. The molecule has 1 aliphatic heterocycles. The molecule has 1 heterocycles. The lowest BCUT2D eigenvalue weighted by molar-refractivity contribution is -0.137. The number of carboxylic acid groups (broad SMARTS) is 1. The number of aliphatic carboxylic acids is 1. The average Bonchev–Trinajstić information content (AvgIpc) is 2.49. The van der Waals surface area contributed by atoms with Gasteiger partial charge in [0.15, 0.2) is 0 Å². The molecule has 0 aliphatic carbocycles. The lowest BCUT2D eigenvalue weighted by Gasteiger charge is -2.03. The molecule has 1 rings (SSSR count). The van der Waals surface area contributed by atoms with Gasteiger partial charge in [-0.1, -0.05) is 6.42 Å². The lowest BCUT2D eigenvalue weighted by atomic mass is 10.1. The van der Waals surface area contributed by atoms with Crippen molar-refractivity contribution in [3.63, 3.8) is 0 Å². The number of carboxylic acids is 1. The molecule has 0 aromatic heterocycles. The minimum Gasteiger partial charge on any atom is -0.481 e. The average molecular weight is 187 g/mol. The number of rotatable bonds is 5. The summed E-state index contributed by atoms with van der Waals surface area (Å²) in [7, 11) is 0. The predicted octanol–water partition coefficient (Wildman–Crippen LogP) is 1.78. The highest BCUT2D eigenvalue weighted by Crippen LogP contribution is 2.20. The summed E-state index contributed by atoms with van der Waals surface area (Å²) < 4.78 is 0. The Morgan fingerprint density at radius 1 is 1.67 bits per heavy atom. The normalized spacial score (nSPS) is 21.5. The first kappa shape index (κ1) is 9.58. The molecule has 0 radical (unpaired) electrons. The van der Waals surface area contributed by atoms with E-state index < -0.39 is 5.97 Å². The molecule has 1 aliphatic rings. The predicted molar refractivity (Wildman–Crippen MR) is 50.8 cm³/mol. The quantitative estimate of drug-likeness (QED) is 0.667. The molecule has 0 saturated carbocycles. The Kier molecular flexibility index (Phi) is 4.14. The summed E-state index contributed by atoms with van der Waals surface area (Å²) in [6.45, 7) is 0. The van der Waals surface area contributed by atoms with Crippen LogP contribution in [0.15, 0.2) is 4.99 Å². The molecule has 0 aromatic rings. The Morgan fingerprint density at radius 2 is 2.50 bits per heavy atom. The third-order valence-corrected chi connectivity index (χ3v) is 2.85. The van der Waals surface area contributed by atoms with Gasteiger partial charge in [-0.3, -0.25) is 9.79 Å². The van der Waals surface area contributed by atoms with Gasteiger partial charge in [0.2, 0.25) is 0 Å². The van der Waals surface area contributed by atoms with Crippen LogP contribution in [0.5, 0.6) is 0 Å². The topological polar surface area (TPSA) is 49.7 Å². The summed E-state index contributed by atoms with van der Waals surface area (Å²) in [4.78, 5) is 14.3. The Hall–Kier alpha value is -0.510. The summed E-state index contributed by atoms with van der Waals surface area (Å²) in [5.41, 5.74) is 0. The molecule has 12 heavy (non-hydrogen) atoms. The standard InChI is InChI=1S/C8H13NO2S/c10-8(11)4-2-1-3-7-5-9-6-12-7/h5,7H,1-4,6H2,(H,10,11). The van der Waals surface area contributed by atoms with Crippen LogP contribution in [0, 0.1) is 0 Å². The van der Waals surface area contributed by atoms with Crippen LogP contribution in [0.3, 0.4) is 0 Å². The zero-order chi connectivity index (χ0) is 8.81. The Morgan fingerprint density at radius 3 is 3.08 bits per heavy atom. The van der Waals surface area contributed by atoms with Gasteiger partial charge in [0.1, 0.15) is 0 Å². The van der Waals surface area contributed by atoms with E-state index in [1.54, 1.807) is 0 Å². The summed E-state index contributed by atoms with van der Waals surface area (Å²) in [6, 6.07) is 0. The SMILES string of the molecule is O=C(O)CCCCC1C=NCS1. The van der Waals surface area contributed by atoms with Gasteiger partial charge in [-0.15, -0.1) is 11.8 Å². The van der Waals surface area contributed by atoms with Crippen molar-refractivity contribution in [3.8, 4) is 0 Å². The van der Waals surface area contributed by atoms with E-state index in [-0.39, 0.29) is 0 Å². The minimum absolute atomic E-state index is 0.300. The van der Waals surface area contributed by atoms with Gasteiger partial charge in [-0.05, 0) is 12.8 Å². The summed E-state index contributed by atoms with van der Waals surface area (Å²) in [6.07, 6.45) is 5.14. The van der Waals surface area contributed by atoms with Crippen LogP contribution in [-0.2, 0) is 4.79 Å². The van der Waals surface area contributed by atoms with Gasteiger partial charge in [-0.25, -0.2) is 0 Å². The maximum absolute atomic E-state index is 10.2. The number of carbonyl (C=O) groups is 1. The molecule has 4 heteroatoms. The Labute approximate surface area is 76.3 Å². The molecule has 0 amide bonds. The van der Waals surface area contributed by atoms with Crippen LogP contribution in [0.25, 0.3) is 0 Å². The van der Waals surface area contributed by atoms with Gasteiger partial charge in [0, 0.05) is 17.9 Å². The highest BCUT2D eigenvalue weighted by molar-refractivity contribution is 8.00. The van der Waals surface area contributed by atoms with Crippen LogP contribution in [0.1, 0.15) is 25.7 Å². The zero-order valence-electron chi connectivity index (χ0n) is 6.90. The number of unbranched alkanes of at least 4 members (excludes halogenated alkanes) is 1. The number of aliphatic imine (C=N–C) groups is 1. The molecular formula is C8H13NO2S. The third-order valence-electron chi connectivity index (χ3n) is 1.76. The van der Waals surface area contributed by atoms with Crippen molar-refractivity contribution in [2.45, 2.75) is 30.9 Å². The first-order chi connectivity index (χ1) is 5.79.